The summed E-state index contributed by atoms with van der Waals surface area (Å²) in [5.41, 5.74) is 1.70. The molecule has 2 aromatic carbocycles. The number of hydrogen-bond donors (Lipinski definition) is 2. The molecule has 1 aliphatic rings. The van der Waals surface area contributed by atoms with E-state index < -0.39 is 0 Å². The summed E-state index contributed by atoms with van der Waals surface area (Å²) in [6, 6.07) is 14.1. The summed E-state index contributed by atoms with van der Waals surface area (Å²) in [7, 11) is 1.56. The number of hydrogen-bond acceptors (Lipinski definition) is 5. The third-order valence-corrected chi connectivity index (χ3v) is 5.21. The minimum atomic E-state index is -0.244. The number of benzene rings is 2. The highest BCUT2D eigenvalue weighted by atomic mass is 16.5. The smallest absolute Gasteiger partial charge is 0.255 e. The van der Waals surface area contributed by atoms with Crippen LogP contribution in [-0.4, -0.2) is 55.7 Å². The lowest BCUT2D eigenvalue weighted by atomic mass is 10.0. The van der Waals surface area contributed by atoms with Gasteiger partial charge in [-0.1, -0.05) is 12.1 Å². The normalized spacial score (nSPS) is 16.0. The number of morpholine rings is 1. The number of anilines is 2. The Kier molecular flexibility index (Phi) is 7.07. The maximum absolute atomic E-state index is 12.5. The van der Waals surface area contributed by atoms with E-state index in [1.54, 1.807) is 43.5 Å². The molecule has 2 amide bonds. The predicted octanol–water partition coefficient (Wildman–Crippen LogP) is 3.39. The SMILES string of the molecule is COc1ccccc1NC(=O)c1ccc(NC(=O)CCN2CCOCC2(C)C)cc1. The van der Waals surface area contributed by atoms with Crippen molar-refractivity contribution in [2.45, 2.75) is 25.8 Å². The molecular weight excluding hydrogens is 382 g/mol. The Morgan fingerprint density at radius 3 is 2.53 bits per heavy atom. The van der Waals surface area contributed by atoms with Gasteiger partial charge in [0.1, 0.15) is 5.75 Å². The molecule has 1 saturated heterocycles. The van der Waals surface area contributed by atoms with Gasteiger partial charge in [-0.05, 0) is 50.2 Å². The van der Waals surface area contributed by atoms with E-state index in [0.29, 0.717) is 48.9 Å². The zero-order valence-electron chi connectivity index (χ0n) is 17.7. The molecule has 1 fully saturated rings. The molecule has 0 spiro atoms. The summed E-state index contributed by atoms with van der Waals surface area (Å²) in [6.45, 7) is 7.13. The summed E-state index contributed by atoms with van der Waals surface area (Å²) >= 11 is 0. The molecule has 1 heterocycles. The van der Waals surface area contributed by atoms with Crippen molar-refractivity contribution in [2.24, 2.45) is 0 Å². The predicted molar refractivity (Wildman–Crippen MR) is 117 cm³/mol. The average Bonchev–Trinajstić information content (AvgIpc) is 2.73. The van der Waals surface area contributed by atoms with Crippen LogP contribution in [-0.2, 0) is 9.53 Å². The number of nitrogens with one attached hydrogen (secondary N) is 2. The van der Waals surface area contributed by atoms with E-state index in [0.717, 1.165) is 6.54 Å². The maximum atomic E-state index is 12.5. The van der Waals surface area contributed by atoms with Crippen LogP contribution in [0.1, 0.15) is 30.6 Å². The summed E-state index contributed by atoms with van der Waals surface area (Å²) in [4.78, 5) is 27.1. The molecule has 2 aromatic rings. The van der Waals surface area contributed by atoms with E-state index in [2.05, 4.69) is 29.4 Å². The van der Waals surface area contributed by atoms with Crippen LogP contribution in [0.3, 0.4) is 0 Å². The van der Waals surface area contributed by atoms with Gasteiger partial charge >= 0.3 is 0 Å². The van der Waals surface area contributed by atoms with Crippen molar-refractivity contribution in [1.82, 2.24) is 4.90 Å². The molecule has 30 heavy (non-hydrogen) atoms. The molecule has 0 atom stereocenters. The van der Waals surface area contributed by atoms with Gasteiger partial charge in [0.15, 0.2) is 0 Å². The summed E-state index contributed by atoms with van der Waals surface area (Å²) < 4.78 is 10.8. The molecule has 0 saturated carbocycles. The number of nitrogens with zero attached hydrogens (tertiary/aromatic N) is 1. The molecular formula is C23H29N3O4. The molecule has 7 nitrogen and oxygen atoms in total. The fourth-order valence-corrected chi connectivity index (χ4v) is 3.41. The molecule has 0 unspecified atom stereocenters. The Balaban J connectivity index is 1.52. The van der Waals surface area contributed by atoms with Crippen LogP contribution < -0.4 is 15.4 Å². The zero-order valence-corrected chi connectivity index (χ0v) is 17.7. The van der Waals surface area contributed by atoms with Crippen molar-refractivity contribution in [3.63, 3.8) is 0 Å². The van der Waals surface area contributed by atoms with Gasteiger partial charge in [-0.15, -0.1) is 0 Å². The summed E-state index contributed by atoms with van der Waals surface area (Å²) in [6.07, 6.45) is 0.402. The van der Waals surface area contributed by atoms with Gasteiger partial charge in [-0.2, -0.15) is 0 Å². The van der Waals surface area contributed by atoms with Gasteiger partial charge in [0.2, 0.25) is 5.91 Å². The lowest BCUT2D eigenvalue weighted by Gasteiger charge is -2.42. The van der Waals surface area contributed by atoms with Gasteiger partial charge in [-0.3, -0.25) is 14.5 Å². The number of rotatable bonds is 7. The standard InChI is InChI=1S/C23H29N3O4/c1-23(2)16-30-15-14-26(23)13-12-21(27)24-18-10-8-17(9-11-18)22(28)25-19-6-4-5-7-20(19)29-3/h4-11H,12-16H2,1-3H3,(H,24,27)(H,25,28). The molecule has 0 aromatic heterocycles. The largest absolute Gasteiger partial charge is 0.495 e. The van der Waals surface area contributed by atoms with Gasteiger partial charge in [0, 0.05) is 36.3 Å². The number of carbonyl (C=O) groups is 2. The molecule has 3 rings (SSSR count). The van der Waals surface area contributed by atoms with Gasteiger partial charge < -0.3 is 20.1 Å². The monoisotopic (exact) mass is 411 g/mol. The van der Waals surface area contributed by atoms with Crippen LogP contribution in [0, 0.1) is 0 Å². The third kappa shape index (κ3) is 5.58. The van der Waals surface area contributed by atoms with Crippen molar-refractivity contribution in [3.8, 4) is 5.75 Å². The topological polar surface area (TPSA) is 79.9 Å². The number of carbonyl (C=O) groups excluding carboxylic acids is 2. The second kappa shape index (κ2) is 9.73. The average molecular weight is 412 g/mol. The van der Waals surface area contributed by atoms with Gasteiger partial charge in [0.05, 0.1) is 26.0 Å². The molecule has 0 radical (unpaired) electrons. The second-order valence-electron chi connectivity index (χ2n) is 7.88. The minimum absolute atomic E-state index is 0.0523. The quantitative estimate of drug-likeness (QED) is 0.730. The minimum Gasteiger partial charge on any atom is -0.495 e. The van der Waals surface area contributed by atoms with Gasteiger partial charge in [-0.25, -0.2) is 0 Å². The Bertz CT molecular complexity index is 880. The number of methoxy groups -OCH3 is 1. The maximum Gasteiger partial charge on any atom is 0.255 e. The number of para-hydroxylation sites is 2. The lowest BCUT2D eigenvalue weighted by molar-refractivity contribution is -0.117. The van der Waals surface area contributed by atoms with Crippen molar-refractivity contribution >= 4 is 23.2 Å². The molecule has 7 heteroatoms. The van der Waals surface area contributed by atoms with Crippen molar-refractivity contribution in [1.29, 1.82) is 0 Å². The summed E-state index contributed by atoms with van der Waals surface area (Å²) in [5.74, 6) is 0.300. The van der Waals surface area contributed by atoms with E-state index in [9.17, 15) is 9.59 Å². The van der Waals surface area contributed by atoms with Crippen LogP contribution in [0.2, 0.25) is 0 Å². The first kappa shape index (κ1) is 21.8. The Morgan fingerprint density at radius 1 is 1.10 bits per heavy atom. The Morgan fingerprint density at radius 2 is 1.83 bits per heavy atom. The highest BCUT2D eigenvalue weighted by Gasteiger charge is 2.30. The molecule has 1 aliphatic heterocycles. The van der Waals surface area contributed by atoms with E-state index >= 15 is 0 Å². The first-order valence-electron chi connectivity index (χ1n) is 10.1. The second-order valence-corrected chi connectivity index (χ2v) is 7.88. The van der Waals surface area contributed by atoms with Crippen LogP contribution in [0.25, 0.3) is 0 Å². The fraction of sp³-hybridized carbons (Fsp3) is 0.391. The third-order valence-electron chi connectivity index (χ3n) is 5.21. The molecule has 160 valence electrons. The van der Waals surface area contributed by atoms with Crippen molar-refractivity contribution in [2.75, 3.05) is 44.0 Å². The number of ether oxygens (including phenoxy) is 2. The first-order chi connectivity index (χ1) is 14.4. The summed E-state index contributed by atoms with van der Waals surface area (Å²) in [5, 5.41) is 5.73. The fourth-order valence-electron chi connectivity index (χ4n) is 3.41. The van der Waals surface area contributed by atoms with Gasteiger partial charge in [0.25, 0.3) is 5.91 Å². The van der Waals surface area contributed by atoms with Crippen LogP contribution in [0.5, 0.6) is 5.75 Å². The van der Waals surface area contributed by atoms with E-state index in [1.807, 2.05) is 12.1 Å². The molecule has 2 N–H and O–H groups in total. The van der Waals surface area contributed by atoms with Crippen LogP contribution in [0.4, 0.5) is 11.4 Å². The highest BCUT2D eigenvalue weighted by molar-refractivity contribution is 6.05. The highest BCUT2D eigenvalue weighted by Crippen LogP contribution is 2.24. The van der Waals surface area contributed by atoms with Crippen molar-refractivity contribution < 1.29 is 19.1 Å². The lowest BCUT2D eigenvalue weighted by Crippen LogP contribution is -2.53. The van der Waals surface area contributed by atoms with E-state index in [1.165, 1.54) is 0 Å². The van der Waals surface area contributed by atoms with E-state index in [-0.39, 0.29) is 17.4 Å². The van der Waals surface area contributed by atoms with E-state index in [4.69, 9.17) is 9.47 Å². The molecule has 0 aliphatic carbocycles. The van der Waals surface area contributed by atoms with Crippen LogP contribution >= 0.6 is 0 Å². The Hall–Kier alpha value is -2.90. The molecule has 0 bridgehead atoms. The number of amides is 2. The first-order valence-corrected chi connectivity index (χ1v) is 10.1. The Labute approximate surface area is 177 Å². The van der Waals surface area contributed by atoms with Crippen molar-refractivity contribution in [3.05, 3.63) is 54.1 Å². The van der Waals surface area contributed by atoms with Crippen LogP contribution in [0.15, 0.2) is 48.5 Å². The zero-order chi connectivity index (χ0) is 21.6.